The molecule has 2 aliphatic carbocycles. The van der Waals surface area contributed by atoms with E-state index in [1.165, 1.54) is 4.88 Å². The lowest BCUT2D eigenvalue weighted by Crippen LogP contribution is -2.50. The van der Waals surface area contributed by atoms with Crippen molar-refractivity contribution in [2.24, 2.45) is 28.6 Å². The maximum atomic E-state index is 12.4. The van der Waals surface area contributed by atoms with Crippen molar-refractivity contribution >= 4 is 28.3 Å². The van der Waals surface area contributed by atoms with E-state index >= 15 is 0 Å². The normalized spacial score (nSPS) is 36.9. The molecule has 5 nitrogen and oxygen atoms in total. The van der Waals surface area contributed by atoms with Crippen LogP contribution in [-0.4, -0.2) is 23.0 Å². The second kappa shape index (κ2) is 6.54. The Labute approximate surface area is 171 Å². The third-order valence-electron chi connectivity index (χ3n) is 7.09. The van der Waals surface area contributed by atoms with E-state index in [1.54, 1.807) is 11.3 Å². The molecule has 1 aliphatic heterocycles. The Hall–Kier alpha value is -1.43. The van der Waals surface area contributed by atoms with Crippen LogP contribution in [-0.2, 0) is 20.7 Å². The molecule has 1 aromatic heterocycles. The molecule has 1 N–H and O–H groups in total. The van der Waals surface area contributed by atoms with Gasteiger partial charge in [-0.2, -0.15) is 0 Å². The van der Waals surface area contributed by atoms with Crippen molar-refractivity contribution in [3.05, 3.63) is 10.6 Å². The minimum absolute atomic E-state index is 0.00466. The number of nitrogens with one attached hydrogen (secondary N) is 1. The van der Waals surface area contributed by atoms with Crippen LogP contribution in [0.5, 0.6) is 0 Å². The number of fused-ring (bicyclic) bond motifs is 4. The number of esters is 1. The third-order valence-corrected chi connectivity index (χ3v) is 8.08. The standard InChI is InChI=1S/C22H32N2O3S/c1-11-13-7-8-22(6)9-14-17(12(2)16(22)18(13)27-19(11)26)24-20(28-14)23-15(25)10-21(3,4)5/h11-13,16,18H,7-10H2,1-6H3,(H,23,24,25)/t11-,12+,13-,16+,18+,22+/m0/s1. The van der Waals surface area contributed by atoms with Crippen molar-refractivity contribution in [3.8, 4) is 0 Å². The van der Waals surface area contributed by atoms with Crippen LogP contribution in [0.15, 0.2) is 0 Å². The highest BCUT2D eigenvalue weighted by atomic mass is 32.1. The second-order valence-corrected chi connectivity index (χ2v) is 11.7. The van der Waals surface area contributed by atoms with Gasteiger partial charge in [0.1, 0.15) is 6.10 Å². The highest BCUT2D eigenvalue weighted by Crippen LogP contribution is 2.59. The van der Waals surface area contributed by atoms with E-state index < -0.39 is 0 Å². The number of carbonyl (C=O) groups is 2. The van der Waals surface area contributed by atoms with Crippen molar-refractivity contribution in [2.45, 2.75) is 79.2 Å². The fourth-order valence-electron chi connectivity index (χ4n) is 5.78. The maximum absolute atomic E-state index is 12.4. The Kier molecular flexibility index (Phi) is 4.64. The number of rotatable bonds is 2. The van der Waals surface area contributed by atoms with E-state index in [1.807, 2.05) is 6.92 Å². The Morgan fingerprint density at radius 3 is 2.71 bits per heavy atom. The van der Waals surface area contributed by atoms with E-state index in [2.05, 4.69) is 39.9 Å². The van der Waals surface area contributed by atoms with Gasteiger partial charge < -0.3 is 10.1 Å². The van der Waals surface area contributed by atoms with Crippen molar-refractivity contribution in [1.29, 1.82) is 0 Å². The summed E-state index contributed by atoms with van der Waals surface area (Å²) >= 11 is 1.62. The topological polar surface area (TPSA) is 68.3 Å². The van der Waals surface area contributed by atoms with Gasteiger partial charge in [-0.15, -0.1) is 11.3 Å². The molecule has 28 heavy (non-hydrogen) atoms. The molecule has 6 heteroatoms. The number of anilines is 1. The van der Waals surface area contributed by atoms with Crippen molar-refractivity contribution < 1.29 is 14.3 Å². The molecule has 0 unspecified atom stereocenters. The predicted octanol–water partition coefficient (Wildman–Crippen LogP) is 4.77. The molecule has 2 heterocycles. The molecule has 1 saturated carbocycles. The lowest BCUT2D eigenvalue weighted by molar-refractivity contribution is -0.149. The van der Waals surface area contributed by atoms with Crippen molar-refractivity contribution in [2.75, 3.05) is 5.32 Å². The highest BCUT2D eigenvalue weighted by molar-refractivity contribution is 7.15. The van der Waals surface area contributed by atoms with Gasteiger partial charge in [0.15, 0.2) is 5.13 Å². The Morgan fingerprint density at radius 2 is 2.04 bits per heavy atom. The predicted molar refractivity (Wildman–Crippen MR) is 110 cm³/mol. The average molecular weight is 405 g/mol. The number of nitrogens with zero attached hydrogens (tertiary/aromatic N) is 1. The molecule has 2 fully saturated rings. The minimum atomic E-state index is -0.0469. The van der Waals surface area contributed by atoms with Crippen LogP contribution in [0.3, 0.4) is 0 Å². The van der Waals surface area contributed by atoms with Gasteiger partial charge in [-0.1, -0.05) is 41.5 Å². The molecule has 3 aliphatic rings. The highest BCUT2D eigenvalue weighted by Gasteiger charge is 2.58. The summed E-state index contributed by atoms with van der Waals surface area (Å²) in [6.07, 6.45) is 3.61. The number of hydrogen-bond acceptors (Lipinski definition) is 5. The Morgan fingerprint density at radius 1 is 1.32 bits per heavy atom. The minimum Gasteiger partial charge on any atom is -0.461 e. The molecule has 0 aromatic carbocycles. The molecular formula is C22H32N2O3S. The molecule has 1 aromatic rings. The van der Waals surface area contributed by atoms with Gasteiger partial charge in [0.2, 0.25) is 5.91 Å². The zero-order valence-corrected chi connectivity index (χ0v) is 18.6. The molecule has 1 amide bonds. The van der Waals surface area contributed by atoms with Gasteiger partial charge in [-0.3, -0.25) is 9.59 Å². The first-order chi connectivity index (χ1) is 13.0. The molecular weight excluding hydrogens is 372 g/mol. The summed E-state index contributed by atoms with van der Waals surface area (Å²) in [4.78, 5) is 30.7. The molecule has 1 saturated heterocycles. The van der Waals surface area contributed by atoms with Crippen LogP contribution in [0.25, 0.3) is 0 Å². The van der Waals surface area contributed by atoms with Gasteiger partial charge >= 0.3 is 5.97 Å². The number of hydrogen-bond donors (Lipinski definition) is 1. The van der Waals surface area contributed by atoms with E-state index in [0.717, 1.165) is 25.0 Å². The van der Waals surface area contributed by atoms with Crippen LogP contribution < -0.4 is 5.32 Å². The first-order valence-electron chi connectivity index (χ1n) is 10.5. The summed E-state index contributed by atoms with van der Waals surface area (Å²) in [6.45, 7) is 12.8. The Balaban J connectivity index is 1.60. The third kappa shape index (κ3) is 3.27. The lowest BCUT2D eigenvalue weighted by Gasteiger charge is -2.51. The van der Waals surface area contributed by atoms with Crippen LogP contribution in [0.4, 0.5) is 5.13 Å². The Bertz CT molecular complexity index is 811. The molecule has 4 rings (SSSR count). The summed E-state index contributed by atoms with van der Waals surface area (Å²) in [6, 6.07) is 0. The van der Waals surface area contributed by atoms with Gasteiger partial charge in [-0.25, -0.2) is 4.98 Å². The number of amides is 1. The zero-order chi connectivity index (χ0) is 20.4. The largest absolute Gasteiger partial charge is 0.461 e. The first kappa shape index (κ1) is 19.9. The summed E-state index contributed by atoms with van der Waals surface area (Å²) in [5.74, 6) is 0.848. The number of aromatic nitrogens is 1. The van der Waals surface area contributed by atoms with Crippen LogP contribution in [0.2, 0.25) is 0 Å². The molecule has 6 atom stereocenters. The van der Waals surface area contributed by atoms with Crippen LogP contribution in [0.1, 0.15) is 77.3 Å². The van der Waals surface area contributed by atoms with E-state index in [0.29, 0.717) is 23.4 Å². The lowest BCUT2D eigenvalue weighted by atomic mass is 9.54. The number of carbonyl (C=O) groups excluding carboxylic acids is 2. The van der Waals surface area contributed by atoms with Gasteiger partial charge in [0.25, 0.3) is 0 Å². The van der Waals surface area contributed by atoms with Crippen molar-refractivity contribution in [3.63, 3.8) is 0 Å². The maximum Gasteiger partial charge on any atom is 0.309 e. The second-order valence-electron chi connectivity index (χ2n) is 10.7. The van der Waals surface area contributed by atoms with Crippen molar-refractivity contribution in [1.82, 2.24) is 4.98 Å². The average Bonchev–Trinajstić information content (AvgIpc) is 3.06. The quantitative estimate of drug-likeness (QED) is 0.721. The summed E-state index contributed by atoms with van der Waals surface area (Å²) in [5.41, 5.74) is 1.17. The van der Waals surface area contributed by atoms with Gasteiger partial charge in [0, 0.05) is 29.1 Å². The fourth-order valence-corrected chi connectivity index (χ4v) is 7.06. The van der Waals surface area contributed by atoms with Crippen LogP contribution in [0, 0.1) is 28.6 Å². The molecule has 0 bridgehead atoms. The summed E-state index contributed by atoms with van der Waals surface area (Å²) < 4.78 is 5.89. The smallest absolute Gasteiger partial charge is 0.309 e. The number of ether oxygens (including phenoxy) is 1. The summed E-state index contributed by atoms with van der Waals surface area (Å²) in [5, 5.41) is 3.72. The fraction of sp³-hybridized carbons (Fsp3) is 0.773. The SMILES string of the molecule is C[C@@H]1C(=O)O[C@@H]2[C@H]1CC[C@]1(C)Cc3sc(NC(=O)CC(C)(C)C)nc3[C@H](C)[C@H]21. The van der Waals surface area contributed by atoms with E-state index in [-0.39, 0.29) is 40.6 Å². The van der Waals surface area contributed by atoms with Gasteiger partial charge in [-0.05, 0) is 30.1 Å². The summed E-state index contributed by atoms with van der Waals surface area (Å²) in [7, 11) is 0. The van der Waals surface area contributed by atoms with Gasteiger partial charge in [0.05, 0.1) is 11.6 Å². The number of thiazole rings is 1. The van der Waals surface area contributed by atoms with Crippen LogP contribution >= 0.6 is 11.3 Å². The molecule has 0 spiro atoms. The van der Waals surface area contributed by atoms with E-state index in [4.69, 9.17) is 9.72 Å². The first-order valence-corrected chi connectivity index (χ1v) is 11.3. The van der Waals surface area contributed by atoms with E-state index in [9.17, 15) is 9.59 Å². The zero-order valence-electron chi connectivity index (χ0n) is 17.8. The molecule has 0 radical (unpaired) electrons. The molecule has 154 valence electrons. The monoisotopic (exact) mass is 404 g/mol.